The Balaban J connectivity index is -0.0000000344. The third-order valence-electron chi connectivity index (χ3n) is 1.66. The first kappa shape index (κ1) is 37.3. The van der Waals surface area contributed by atoms with Crippen molar-refractivity contribution in [3.8, 4) is 0 Å². The molecule has 0 saturated carbocycles. The molecule has 0 amide bonds. The van der Waals surface area contributed by atoms with Gasteiger partial charge in [0.1, 0.15) is 0 Å². The lowest BCUT2D eigenvalue weighted by molar-refractivity contribution is 0.702. The predicted molar refractivity (Wildman–Crippen MR) is 110 cm³/mol. The van der Waals surface area contributed by atoms with Crippen molar-refractivity contribution in [1.82, 2.24) is 0 Å². The molecule has 0 saturated heterocycles. The van der Waals surface area contributed by atoms with Crippen molar-refractivity contribution in [2.24, 2.45) is 0 Å². The molecule has 0 heterocycles. The minimum atomic E-state index is 0. The second-order valence-electron chi connectivity index (χ2n) is 5.18. The van der Waals surface area contributed by atoms with Gasteiger partial charge in [-0.25, -0.2) is 0 Å². The molecule has 0 bridgehead atoms. The van der Waals surface area contributed by atoms with Gasteiger partial charge in [0.2, 0.25) is 0 Å². The summed E-state index contributed by atoms with van der Waals surface area (Å²) in [4.78, 5) is 0. The number of hydrogen-bond donors (Lipinski definition) is 0. The Morgan fingerprint density at radius 2 is 0.476 bits per heavy atom. The van der Waals surface area contributed by atoms with E-state index in [0.717, 1.165) is 0 Å². The zero-order chi connectivity index (χ0) is 17.1. The van der Waals surface area contributed by atoms with Crippen molar-refractivity contribution >= 4 is 0 Å². The highest BCUT2D eigenvalue weighted by Gasteiger charge is 1.75. The van der Waals surface area contributed by atoms with Gasteiger partial charge in [0.25, 0.3) is 0 Å². The van der Waals surface area contributed by atoms with Crippen LogP contribution in [-0.2, 0) is 0 Å². The van der Waals surface area contributed by atoms with E-state index in [1.165, 1.54) is 64.2 Å². The van der Waals surface area contributed by atoms with Crippen LogP contribution in [0.4, 0.5) is 0 Å². The highest BCUT2D eigenvalue weighted by atomic mass is 13.8. The molecular weight excluding hydrogens is 252 g/mol. The molecule has 0 aliphatic heterocycles. The van der Waals surface area contributed by atoms with Crippen LogP contribution in [0.15, 0.2) is 0 Å². The number of unbranched alkanes of at least 4 members (excludes halogenated alkanes) is 5. The van der Waals surface area contributed by atoms with Gasteiger partial charge >= 0.3 is 0 Å². The maximum Gasteiger partial charge on any atom is -0.0536 e. The molecule has 0 aromatic heterocycles. The summed E-state index contributed by atoms with van der Waals surface area (Å²) in [5.41, 5.74) is 0. The second-order valence-corrected chi connectivity index (χ2v) is 5.18. The molecule has 0 spiro atoms. The highest BCUT2D eigenvalue weighted by molar-refractivity contribution is 4.31. The molecule has 0 aliphatic rings. The van der Waals surface area contributed by atoms with Gasteiger partial charge in [-0.15, -0.1) is 0 Å². The highest BCUT2D eigenvalue weighted by Crippen LogP contribution is 1.95. The minimum absolute atomic E-state index is 0. The van der Waals surface area contributed by atoms with Crippen molar-refractivity contribution < 1.29 is 0 Å². The summed E-state index contributed by atoms with van der Waals surface area (Å²) >= 11 is 0. The van der Waals surface area contributed by atoms with Gasteiger partial charge < -0.3 is 0 Å². The molecule has 0 radical (unpaired) electrons. The van der Waals surface area contributed by atoms with Crippen LogP contribution >= 0.6 is 0 Å². The fraction of sp³-hybridized carbons (Fsp3) is 1.00. The van der Waals surface area contributed by atoms with E-state index in [1.807, 2.05) is 0 Å². The predicted octanol–water partition coefficient (Wildman–Crippen LogP) is 9.67. The van der Waals surface area contributed by atoms with E-state index in [4.69, 9.17) is 0 Å². The normalized spacial score (nSPS) is 7.14. The lowest BCUT2D eigenvalue weighted by Gasteiger charge is -1.86. The third-order valence-corrected chi connectivity index (χ3v) is 1.66. The van der Waals surface area contributed by atoms with Gasteiger partial charge in [0, 0.05) is 0 Å². The van der Waals surface area contributed by atoms with Crippen molar-refractivity contribution in [1.29, 1.82) is 0 Å². The van der Waals surface area contributed by atoms with Crippen LogP contribution in [0.3, 0.4) is 0 Å². The zero-order valence-electron chi connectivity index (χ0n) is 17.1. The van der Waals surface area contributed by atoms with E-state index in [-0.39, 0.29) is 7.43 Å². The molecule has 0 fully saturated rings. The molecule has 0 rings (SSSR count). The molecule has 0 aliphatic carbocycles. The van der Waals surface area contributed by atoms with Crippen LogP contribution in [0.1, 0.15) is 141 Å². The van der Waals surface area contributed by atoms with Crippen molar-refractivity contribution in [2.45, 2.75) is 141 Å². The largest absolute Gasteiger partial charge is 0.0776 e. The molecule has 0 atom stereocenters. The first-order valence-electron chi connectivity index (χ1n) is 9.57. The van der Waals surface area contributed by atoms with Crippen molar-refractivity contribution in [2.75, 3.05) is 0 Å². The molecule has 21 heavy (non-hydrogen) atoms. The van der Waals surface area contributed by atoms with E-state index in [9.17, 15) is 0 Å². The van der Waals surface area contributed by atoms with Gasteiger partial charge in [0.05, 0.1) is 0 Å². The summed E-state index contributed by atoms with van der Waals surface area (Å²) in [6.07, 6.45) is 13.4. The molecule has 0 aromatic carbocycles. The molecule has 0 N–H and O–H groups in total. The lowest BCUT2D eigenvalue weighted by Crippen LogP contribution is -1.66. The Labute approximate surface area is 141 Å². The fourth-order valence-electron chi connectivity index (χ4n) is 0.854. The van der Waals surface area contributed by atoms with E-state index in [1.54, 1.807) is 0 Å². The molecular formula is C21H54. The maximum absolute atomic E-state index is 2.23. The van der Waals surface area contributed by atoms with Gasteiger partial charge in [-0.1, -0.05) is 141 Å². The van der Waals surface area contributed by atoms with Gasteiger partial charge in [-0.2, -0.15) is 0 Å². The minimum Gasteiger partial charge on any atom is -0.0776 e. The molecule has 0 heteroatoms. The Morgan fingerprint density at radius 1 is 0.333 bits per heavy atom. The van der Waals surface area contributed by atoms with Gasteiger partial charge in [-0.05, 0) is 0 Å². The van der Waals surface area contributed by atoms with E-state index in [0.29, 0.717) is 0 Å². The average Bonchev–Trinajstić information content (AvgIpc) is 2.41. The molecule has 138 valence electrons. The Hall–Kier alpha value is 0. The van der Waals surface area contributed by atoms with E-state index in [2.05, 4.69) is 69.2 Å². The Bertz CT molecular complexity index is 55.7. The fourth-order valence-corrected chi connectivity index (χ4v) is 0.854. The standard InChI is InChI=1S/C6H14.C5H12.3C3H8.CH4/c1-3-5-6-4-2;1-3-5-4-2;3*1-3-2;/h3-6H2,1-2H3;3-5H2,1-2H3;3*3H2,1-2H3;1H4. The average molecular weight is 307 g/mol. The smallest absolute Gasteiger partial charge is 0.0536 e. The quantitative estimate of drug-likeness (QED) is 0.443. The van der Waals surface area contributed by atoms with Crippen molar-refractivity contribution in [3.05, 3.63) is 0 Å². The summed E-state index contributed by atoms with van der Waals surface area (Å²) in [6.45, 7) is 21.6. The van der Waals surface area contributed by atoms with E-state index < -0.39 is 0 Å². The number of rotatable bonds is 5. The van der Waals surface area contributed by atoms with Crippen LogP contribution in [0, 0.1) is 0 Å². The zero-order valence-corrected chi connectivity index (χ0v) is 17.1. The third kappa shape index (κ3) is 259. The van der Waals surface area contributed by atoms with Crippen LogP contribution in [0.2, 0.25) is 0 Å². The maximum atomic E-state index is 2.23. The first-order valence-corrected chi connectivity index (χ1v) is 9.57. The van der Waals surface area contributed by atoms with Crippen molar-refractivity contribution in [3.63, 3.8) is 0 Å². The van der Waals surface area contributed by atoms with Crippen LogP contribution in [0.5, 0.6) is 0 Å². The molecule has 0 nitrogen and oxygen atoms in total. The Kier molecular flexibility index (Phi) is 128. The SMILES string of the molecule is C.CCC.CCC.CCC.CCCCC.CCCCCC. The summed E-state index contributed by atoms with van der Waals surface area (Å²) in [7, 11) is 0. The second kappa shape index (κ2) is 72.2. The van der Waals surface area contributed by atoms with Crippen LogP contribution in [-0.4, -0.2) is 0 Å². The van der Waals surface area contributed by atoms with Gasteiger partial charge in [0.15, 0.2) is 0 Å². The topological polar surface area (TPSA) is 0 Å². The van der Waals surface area contributed by atoms with E-state index >= 15 is 0 Å². The molecule has 0 unspecified atom stereocenters. The summed E-state index contributed by atoms with van der Waals surface area (Å²) in [5, 5.41) is 0. The molecule has 0 aromatic rings. The van der Waals surface area contributed by atoms with Gasteiger partial charge in [-0.3, -0.25) is 0 Å². The lowest BCUT2D eigenvalue weighted by atomic mass is 10.2. The summed E-state index contributed by atoms with van der Waals surface area (Å²) in [6, 6.07) is 0. The van der Waals surface area contributed by atoms with Crippen LogP contribution < -0.4 is 0 Å². The van der Waals surface area contributed by atoms with Crippen LogP contribution in [0.25, 0.3) is 0 Å². The number of hydrogen-bond acceptors (Lipinski definition) is 0. The Morgan fingerprint density at radius 3 is 0.524 bits per heavy atom. The first-order chi connectivity index (χ1) is 9.57. The summed E-state index contributed by atoms with van der Waals surface area (Å²) in [5.74, 6) is 0. The summed E-state index contributed by atoms with van der Waals surface area (Å²) < 4.78 is 0. The monoisotopic (exact) mass is 306 g/mol.